The van der Waals surface area contributed by atoms with Crippen LogP contribution < -0.4 is 5.32 Å². The van der Waals surface area contributed by atoms with Crippen LogP contribution in [0.25, 0.3) is 10.6 Å². The first kappa shape index (κ1) is 19.0. The predicted molar refractivity (Wildman–Crippen MR) is 95.0 cm³/mol. The Morgan fingerprint density at radius 1 is 1.11 bits per heavy atom. The van der Waals surface area contributed by atoms with Crippen molar-refractivity contribution in [1.82, 2.24) is 10.3 Å². The molecule has 0 atom stereocenters. The highest BCUT2D eigenvalue weighted by Crippen LogP contribution is 2.29. The molecule has 0 aliphatic rings. The fourth-order valence-corrected chi connectivity index (χ4v) is 3.24. The van der Waals surface area contributed by atoms with E-state index in [-0.39, 0.29) is 17.9 Å². The summed E-state index contributed by atoms with van der Waals surface area (Å²) >= 11 is 1.37. The fraction of sp³-hybridized carbons (Fsp3) is 0.158. The molecule has 0 saturated heterocycles. The minimum Gasteiger partial charge on any atom is -0.352 e. The van der Waals surface area contributed by atoms with E-state index >= 15 is 0 Å². The Morgan fingerprint density at radius 2 is 1.85 bits per heavy atom. The van der Waals surface area contributed by atoms with Crippen molar-refractivity contribution in [2.45, 2.75) is 12.6 Å². The van der Waals surface area contributed by atoms with Crippen molar-refractivity contribution in [2.75, 3.05) is 6.54 Å². The van der Waals surface area contributed by atoms with Crippen LogP contribution >= 0.6 is 11.3 Å². The number of nitrogens with zero attached hydrogens (tertiary/aromatic N) is 1. The average molecular weight is 394 g/mol. The van der Waals surface area contributed by atoms with Crippen LogP contribution in [-0.2, 0) is 12.6 Å². The van der Waals surface area contributed by atoms with Gasteiger partial charge in [-0.3, -0.25) is 4.79 Å². The maximum absolute atomic E-state index is 13.3. The summed E-state index contributed by atoms with van der Waals surface area (Å²) in [6.45, 7) is 0.284. The fourth-order valence-electron chi connectivity index (χ4n) is 2.39. The van der Waals surface area contributed by atoms with Crippen LogP contribution in [0.15, 0.2) is 53.9 Å². The summed E-state index contributed by atoms with van der Waals surface area (Å²) in [6.07, 6.45) is -3.98. The van der Waals surface area contributed by atoms with E-state index in [0.717, 1.165) is 30.0 Å². The number of alkyl halides is 3. The first-order valence-corrected chi connectivity index (χ1v) is 8.87. The molecule has 1 aromatic heterocycles. The Hall–Kier alpha value is -2.74. The summed E-state index contributed by atoms with van der Waals surface area (Å²) in [4.78, 5) is 16.4. The largest absolute Gasteiger partial charge is 0.416 e. The van der Waals surface area contributed by atoms with Gasteiger partial charge in [0.15, 0.2) is 0 Å². The molecule has 2 aromatic carbocycles. The van der Waals surface area contributed by atoms with Crippen molar-refractivity contribution in [3.63, 3.8) is 0 Å². The van der Waals surface area contributed by atoms with Gasteiger partial charge in [-0.15, -0.1) is 11.3 Å². The number of aromatic nitrogens is 1. The summed E-state index contributed by atoms with van der Waals surface area (Å²) in [6, 6.07) is 10.2. The number of thiazole rings is 1. The molecule has 27 heavy (non-hydrogen) atoms. The van der Waals surface area contributed by atoms with E-state index in [4.69, 9.17) is 0 Å². The smallest absolute Gasteiger partial charge is 0.352 e. The average Bonchev–Trinajstić information content (AvgIpc) is 3.10. The second kappa shape index (κ2) is 7.87. The van der Waals surface area contributed by atoms with Crippen molar-refractivity contribution in [2.24, 2.45) is 0 Å². The summed E-state index contributed by atoms with van der Waals surface area (Å²) in [5, 5.41) is 5.15. The van der Waals surface area contributed by atoms with Crippen molar-refractivity contribution in [3.05, 3.63) is 76.5 Å². The number of benzene rings is 2. The van der Waals surface area contributed by atoms with Gasteiger partial charge in [-0.1, -0.05) is 12.1 Å². The first-order valence-electron chi connectivity index (χ1n) is 7.99. The SMILES string of the molecule is O=C(NCCc1csc(-c2cccc(F)c2)n1)c1ccc(C(F)(F)F)cc1. The van der Waals surface area contributed by atoms with Gasteiger partial charge in [0.1, 0.15) is 10.8 Å². The Morgan fingerprint density at radius 3 is 2.52 bits per heavy atom. The van der Waals surface area contributed by atoms with E-state index in [1.165, 1.54) is 23.5 Å². The summed E-state index contributed by atoms with van der Waals surface area (Å²) in [7, 11) is 0. The molecule has 0 aliphatic carbocycles. The minimum absolute atomic E-state index is 0.154. The van der Waals surface area contributed by atoms with E-state index in [2.05, 4.69) is 10.3 Å². The van der Waals surface area contributed by atoms with E-state index in [9.17, 15) is 22.4 Å². The maximum Gasteiger partial charge on any atom is 0.416 e. The zero-order valence-corrected chi connectivity index (χ0v) is 14.7. The Kier molecular flexibility index (Phi) is 5.55. The molecule has 0 radical (unpaired) electrons. The first-order chi connectivity index (χ1) is 12.8. The van der Waals surface area contributed by atoms with Crippen LogP contribution in [-0.4, -0.2) is 17.4 Å². The number of halogens is 4. The molecule has 0 aliphatic heterocycles. The maximum atomic E-state index is 13.3. The van der Waals surface area contributed by atoms with Crippen LogP contribution in [0.4, 0.5) is 17.6 Å². The van der Waals surface area contributed by atoms with Crippen LogP contribution in [0.2, 0.25) is 0 Å². The van der Waals surface area contributed by atoms with Crippen LogP contribution in [0.3, 0.4) is 0 Å². The number of hydrogen-bond donors (Lipinski definition) is 1. The lowest BCUT2D eigenvalue weighted by molar-refractivity contribution is -0.137. The van der Waals surface area contributed by atoms with Crippen molar-refractivity contribution in [3.8, 4) is 10.6 Å². The van der Waals surface area contributed by atoms with Gasteiger partial charge >= 0.3 is 6.18 Å². The number of amides is 1. The molecular weight excluding hydrogens is 380 g/mol. The second-order valence-corrected chi connectivity index (χ2v) is 6.59. The minimum atomic E-state index is -4.43. The molecule has 3 aromatic rings. The Balaban J connectivity index is 1.55. The third-order valence-electron chi connectivity index (χ3n) is 3.76. The lowest BCUT2D eigenvalue weighted by Gasteiger charge is -2.08. The Labute approximate surface area is 156 Å². The van der Waals surface area contributed by atoms with Crippen molar-refractivity contribution < 1.29 is 22.4 Å². The van der Waals surface area contributed by atoms with Crippen molar-refractivity contribution in [1.29, 1.82) is 0 Å². The number of rotatable bonds is 5. The molecule has 0 saturated carbocycles. The molecule has 140 valence electrons. The van der Waals surface area contributed by atoms with E-state index in [1.807, 2.05) is 5.38 Å². The van der Waals surface area contributed by atoms with Gasteiger partial charge in [-0.25, -0.2) is 9.37 Å². The molecular formula is C19H14F4N2OS. The van der Waals surface area contributed by atoms with Gasteiger partial charge in [0, 0.05) is 29.5 Å². The quantitative estimate of drug-likeness (QED) is 0.623. The molecule has 8 heteroatoms. The molecule has 1 amide bonds. The lowest BCUT2D eigenvalue weighted by Crippen LogP contribution is -2.25. The molecule has 0 fully saturated rings. The number of nitrogens with one attached hydrogen (secondary N) is 1. The summed E-state index contributed by atoms with van der Waals surface area (Å²) in [5.74, 6) is -0.794. The molecule has 1 heterocycles. The zero-order chi connectivity index (χ0) is 19.4. The van der Waals surface area contributed by atoms with Crippen LogP contribution in [0.5, 0.6) is 0 Å². The van der Waals surface area contributed by atoms with Gasteiger partial charge in [-0.2, -0.15) is 13.2 Å². The van der Waals surface area contributed by atoms with E-state index in [0.29, 0.717) is 17.0 Å². The van der Waals surface area contributed by atoms with Gasteiger partial charge in [-0.05, 0) is 36.4 Å². The highest BCUT2D eigenvalue weighted by Gasteiger charge is 2.30. The second-order valence-electron chi connectivity index (χ2n) is 5.74. The monoisotopic (exact) mass is 394 g/mol. The molecule has 1 N–H and O–H groups in total. The molecule has 0 bridgehead atoms. The molecule has 0 spiro atoms. The topological polar surface area (TPSA) is 42.0 Å². The molecule has 0 unspecified atom stereocenters. The van der Waals surface area contributed by atoms with Crippen LogP contribution in [0, 0.1) is 5.82 Å². The van der Waals surface area contributed by atoms with Gasteiger partial charge in [0.2, 0.25) is 0 Å². The molecule has 3 nitrogen and oxygen atoms in total. The van der Waals surface area contributed by atoms with Crippen molar-refractivity contribution >= 4 is 17.2 Å². The normalized spacial score (nSPS) is 11.4. The third kappa shape index (κ3) is 4.91. The van der Waals surface area contributed by atoms with E-state index in [1.54, 1.807) is 12.1 Å². The Bertz CT molecular complexity index is 935. The van der Waals surface area contributed by atoms with Gasteiger partial charge in [0.25, 0.3) is 5.91 Å². The zero-order valence-electron chi connectivity index (χ0n) is 13.9. The molecule has 3 rings (SSSR count). The van der Waals surface area contributed by atoms with E-state index < -0.39 is 17.6 Å². The van der Waals surface area contributed by atoms with Gasteiger partial charge in [0.05, 0.1) is 11.3 Å². The number of carbonyl (C=O) groups is 1. The predicted octanol–water partition coefficient (Wildman–Crippen LogP) is 4.94. The summed E-state index contributed by atoms with van der Waals surface area (Å²) < 4.78 is 50.9. The highest BCUT2D eigenvalue weighted by atomic mass is 32.1. The standard InChI is InChI=1S/C19H14F4N2OS/c20-15-3-1-2-13(10-15)18-25-16(11-27-18)8-9-24-17(26)12-4-6-14(7-5-12)19(21,22)23/h1-7,10-11H,8-9H2,(H,24,26). The third-order valence-corrected chi connectivity index (χ3v) is 4.70. The van der Waals surface area contributed by atoms with Crippen LogP contribution in [0.1, 0.15) is 21.6 Å². The number of carbonyl (C=O) groups excluding carboxylic acids is 1. The number of hydrogen-bond acceptors (Lipinski definition) is 3. The summed E-state index contributed by atoms with van der Waals surface area (Å²) in [5.41, 5.74) is 0.778. The lowest BCUT2D eigenvalue weighted by atomic mass is 10.1. The highest BCUT2D eigenvalue weighted by molar-refractivity contribution is 7.13. The van der Waals surface area contributed by atoms with Gasteiger partial charge < -0.3 is 5.32 Å².